The molecule has 0 aliphatic carbocycles. The van der Waals surface area contributed by atoms with Gasteiger partial charge in [-0.2, -0.15) is 0 Å². The summed E-state index contributed by atoms with van der Waals surface area (Å²) in [6, 6.07) is 12.9. The lowest BCUT2D eigenvalue weighted by atomic mass is 9.98. The van der Waals surface area contributed by atoms with Gasteiger partial charge in [0.15, 0.2) is 0 Å². The number of nitrogens with one attached hydrogen (secondary N) is 1. The molecule has 3 N–H and O–H groups in total. The predicted molar refractivity (Wildman–Crippen MR) is 77.7 cm³/mol. The summed E-state index contributed by atoms with van der Waals surface area (Å²) in [5.74, 6) is -0.198. The van der Waals surface area contributed by atoms with Crippen molar-refractivity contribution in [2.24, 2.45) is 5.73 Å². The Hall–Kier alpha value is -2.40. The molecular formula is C15H17N3O2. The normalized spacial score (nSPS) is 11.7. The fourth-order valence-corrected chi connectivity index (χ4v) is 1.95. The zero-order chi connectivity index (χ0) is 14.4. The smallest absolute Gasteiger partial charge is 0.237 e. The van der Waals surface area contributed by atoms with E-state index in [1.807, 2.05) is 30.3 Å². The minimum atomic E-state index is -0.402. The van der Waals surface area contributed by atoms with Gasteiger partial charge >= 0.3 is 0 Å². The molecule has 1 aromatic heterocycles. The van der Waals surface area contributed by atoms with Crippen LogP contribution in [0, 0.1) is 0 Å². The third-order valence-electron chi connectivity index (χ3n) is 2.98. The predicted octanol–water partition coefficient (Wildman–Crippen LogP) is 1.77. The Bertz CT molecular complexity index is 572. The van der Waals surface area contributed by atoms with Crippen LogP contribution < -0.4 is 15.8 Å². The molecule has 0 aliphatic rings. The van der Waals surface area contributed by atoms with Gasteiger partial charge in [-0.05, 0) is 17.7 Å². The van der Waals surface area contributed by atoms with Crippen molar-refractivity contribution >= 4 is 11.6 Å². The summed E-state index contributed by atoms with van der Waals surface area (Å²) in [7, 11) is 1.51. The van der Waals surface area contributed by atoms with Crippen LogP contribution in [0.15, 0.2) is 48.7 Å². The zero-order valence-electron chi connectivity index (χ0n) is 11.2. The summed E-state index contributed by atoms with van der Waals surface area (Å²) in [6.45, 7) is 0.235. The second-order valence-corrected chi connectivity index (χ2v) is 4.25. The van der Waals surface area contributed by atoms with E-state index in [0.29, 0.717) is 11.6 Å². The number of carbonyl (C=O) groups is 1. The first-order chi connectivity index (χ1) is 9.76. The van der Waals surface area contributed by atoms with Crippen LogP contribution in [0.1, 0.15) is 11.5 Å². The lowest BCUT2D eigenvalue weighted by Gasteiger charge is -2.16. The van der Waals surface area contributed by atoms with E-state index >= 15 is 0 Å². The molecule has 0 radical (unpaired) electrons. The standard InChI is InChI=1S/C15H17N3O2/c1-20-15-13(8-5-9-17-15)18-14(19)12(10-16)11-6-3-2-4-7-11/h2-9,12H,10,16H2,1H3,(H,18,19). The minimum absolute atomic E-state index is 0.176. The molecule has 1 unspecified atom stereocenters. The zero-order valence-corrected chi connectivity index (χ0v) is 11.2. The summed E-state index contributed by atoms with van der Waals surface area (Å²) in [5, 5.41) is 2.80. The number of ether oxygens (including phenoxy) is 1. The van der Waals surface area contributed by atoms with Gasteiger partial charge in [0.05, 0.1) is 13.0 Å². The molecule has 0 bridgehead atoms. The van der Waals surface area contributed by atoms with E-state index in [4.69, 9.17) is 10.5 Å². The maximum Gasteiger partial charge on any atom is 0.237 e. The number of anilines is 1. The van der Waals surface area contributed by atoms with Gasteiger partial charge in [0.2, 0.25) is 11.8 Å². The van der Waals surface area contributed by atoms with Crippen LogP contribution in [0.25, 0.3) is 0 Å². The van der Waals surface area contributed by atoms with Gasteiger partial charge in [0.25, 0.3) is 0 Å². The SMILES string of the molecule is COc1ncccc1NC(=O)C(CN)c1ccccc1. The number of rotatable bonds is 5. The number of hydrogen-bond donors (Lipinski definition) is 2. The van der Waals surface area contributed by atoms with Gasteiger partial charge in [0.1, 0.15) is 5.69 Å². The van der Waals surface area contributed by atoms with Crippen molar-refractivity contribution in [2.75, 3.05) is 19.0 Å². The molecule has 20 heavy (non-hydrogen) atoms. The average Bonchev–Trinajstić information content (AvgIpc) is 2.49. The van der Waals surface area contributed by atoms with Crippen LogP contribution in [0.2, 0.25) is 0 Å². The number of nitrogens with two attached hydrogens (primary N) is 1. The average molecular weight is 271 g/mol. The number of benzene rings is 1. The van der Waals surface area contributed by atoms with Crippen molar-refractivity contribution in [3.63, 3.8) is 0 Å². The molecule has 5 heteroatoms. The van der Waals surface area contributed by atoms with Gasteiger partial charge in [-0.15, -0.1) is 0 Å². The van der Waals surface area contributed by atoms with Crippen LogP contribution in [0.3, 0.4) is 0 Å². The van der Waals surface area contributed by atoms with Crippen molar-refractivity contribution < 1.29 is 9.53 Å². The summed E-state index contributed by atoms with van der Waals surface area (Å²) >= 11 is 0. The molecule has 0 aliphatic heterocycles. The van der Waals surface area contributed by atoms with Crippen molar-refractivity contribution in [3.05, 3.63) is 54.2 Å². The highest BCUT2D eigenvalue weighted by Crippen LogP contribution is 2.22. The molecule has 0 saturated heterocycles. The quantitative estimate of drug-likeness (QED) is 0.869. The molecule has 0 fully saturated rings. The Kier molecular flexibility index (Phi) is 4.68. The summed E-state index contributed by atoms with van der Waals surface area (Å²) in [5.41, 5.74) is 7.14. The van der Waals surface area contributed by atoms with Crippen LogP contribution in [-0.4, -0.2) is 24.5 Å². The van der Waals surface area contributed by atoms with Gasteiger partial charge in [-0.1, -0.05) is 30.3 Å². The number of amides is 1. The Morgan fingerprint density at radius 1 is 1.30 bits per heavy atom. The molecule has 0 spiro atoms. The highest BCUT2D eigenvalue weighted by molar-refractivity contribution is 5.96. The molecule has 104 valence electrons. The van der Waals surface area contributed by atoms with E-state index < -0.39 is 5.92 Å². The van der Waals surface area contributed by atoms with Crippen molar-refractivity contribution in [1.82, 2.24) is 4.98 Å². The van der Waals surface area contributed by atoms with E-state index in [-0.39, 0.29) is 12.5 Å². The van der Waals surface area contributed by atoms with E-state index in [9.17, 15) is 4.79 Å². The Labute approximate surface area is 117 Å². The number of pyridine rings is 1. The third-order valence-corrected chi connectivity index (χ3v) is 2.98. The van der Waals surface area contributed by atoms with Gasteiger partial charge < -0.3 is 15.8 Å². The van der Waals surface area contributed by atoms with Gasteiger partial charge in [0, 0.05) is 12.7 Å². The molecule has 1 heterocycles. The molecule has 2 rings (SSSR count). The molecule has 1 atom stereocenters. The van der Waals surface area contributed by atoms with E-state index in [0.717, 1.165) is 5.56 Å². The molecule has 5 nitrogen and oxygen atoms in total. The summed E-state index contributed by atoms with van der Waals surface area (Å²) in [4.78, 5) is 16.4. The van der Waals surface area contributed by atoms with Crippen molar-refractivity contribution in [1.29, 1.82) is 0 Å². The van der Waals surface area contributed by atoms with Crippen molar-refractivity contribution in [3.8, 4) is 5.88 Å². The first kappa shape index (κ1) is 14.0. The van der Waals surface area contributed by atoms with Crippen LogP contribution in [0.5, 0.6) is 5.88 Å². The fraction of sp³-hybridized carbons (Fsp3) is 0.200. The first-order valence-corrected chi connectivity index (χ1v) is 6.31. The highest BCUT2D eigenvalue weighted by Gasteiger charge is 2.20. The van der Waals surface area contributed by atoms with Gasteiger partial charge in [-0.25, -0.2) is 4.98 Å². The van der Waals surface area contributed by atoms with Crippen LogP contribution in [-0.2, 0) is 4.79 Å². The largest absolute Gasteiger partial charge is 0.480 e. The Balaban J connectivity index is 2.18. The number of hydrogen-bond acceptors (Lipinski definition) is 4. The molecule has 1 aromatic carbocycles. The summed E-state index contributed by atoms with van der Waals surface area (Å²) < 4.78 is 5.11. The van der Waals surface area contributed by atoms with E-state index in [1.54, 1.807) is 18.3 Å². The lowest BCUT2D eigenvalue weighted by molar-refractivity contribution is -0.117. The first-order valence-electron chi connectivity index (χ1n) is 6.31. The van der Waals surface area contributed by atoms with Crippen LogP contribution in [0.4, 0.5) is 5.69 Å². The number of methoxy groups -OCH3 is 1. The second-order valence-electron chi connectivity index (χ2n) is 4.25. The molecule has 0 saturated carbocycles. The topological polar surface area (TPSA) is 77.2 Å². The summed E-state index contributed by atoms with van der Waals surface area (Å²) in [6.07, 6.45) is 1.60. The maximum atomic E-state index is 12.3. The van der Waals surface area contributed by atoms with Gasteiger partial charge in [-0.3, -0.25) is 4.79 Å². The Morgan fingerprint density at radius 2 is 2.05 bits per heavy atom. The second kappa shape index (κ2) is 6.68. The molecule has 1 amide bonds. The Morgan fingerprint density at radius 3 is 2.70 bits per heavy atom. The number of nitrogens with zero attached hydrogens (tertiary/aromatic N) is 1. The van der Waals surface area contributed by atoms with E-state index in [1.165, 1.54) is 7.11 Å². The maximum absolute atomic E-state index is 12.3. The fourth-order valence-electron chi connectivity index (χ4n) is 1.95. The molecule has 2 aromatic rings. The lowest BCUT2D eigenvalue weighted by Crippen LogP contribution is -2.27. The monoisotopic (exact) mass is 271 g/mol. The third kappa shape index (κ3) is 3.13. The minimum Gasteiger partial charge on any atom is -0.480 e. The molecular weight excluding hydrogens is 254 g/mol. The van der Waals surface area contributed by atoms with Crippen molar-refractivity contribution in [2.45, 2.75) is 5.92 Å². The number of carbonyl (C=O) groups excluding carboxylic acids is 1. The van der Waals surface area contributed by atoms with E-state index in [2.05, 4.69) is 10.3 Å². The van der Waals surface area contributed by atoms with Crippen LogP contribution >= 0.6 is 0 Å². The highest BCUT2D eigenvalue weighted by atomic mass is 16.5. The number of aromatic nitrogens is 1.